The summed E-state index contributed by atoms with van der Waals surface area (Å²) in [4.78, 5) is 14.6. The SMILES string of the molecule is CC[C@@H]1c2ccccc2C(=O)N1[C@@H](CO)c1ccccc1. The van der Waals surface area contributed by atoms with Crippen LogP contribution in [0.25, 0.3) is 0 Å². The zero-order chi connectivity index (χ0) is 14.8. The summed E-state index contributed by atoms with van der Waals surface area (Å²) in [5.74, 6) is 0.0142. The fourth-order valence-corrected chi connectivity index (χ4v) is 3.22. The first-order valence-electron chi connectivity index (χ1n) is 7.35. The molecular formula is C18H19NO2. The van der Waals surface area contributed by atoms with Crippen LogP contribution in [-0.2, 0) is 0 Å². The van der Waals surface area contributed by atoms with E-state index in [-0.39, 0.29) is 24.6 Å². The van der Waals surface area contributed by atoms with Crippen molar-refractivity contribution in [3.63, 3.8) is 0 Å². The number of hydrogen-bond acceptors (Lipinski definition) is 2. The molecule has 0 bridgehead atoms. The van der Waals surface area contributed by atoms with E-state index >= 15 is 0 Å². The standard InChI is InChI=1S/C18H19NO2/c1-2-16-14-10-6-7-11-15(14)18(21)19(16)17(12-20)13-8-4-3-5-9-13/h3-11,16-17,20H,2,12H2,1H3/t16-,17+/m1/s1. The molecule has 0 radical (unpaired) electrons. The highest BCUT2D eigenvalue weighted by molar-refractivity contribution is 5.99. The van der Waals surface area contributed by atoms with Crippen LogP contribution in [0.5, 0.6) is 0 Å². The van der Waals surface area contributed by atoms with Gasteiger partial charge in [0.2, 0.25) is 0 Å². The molecule has 2 atom stereocenters. The van der Waals surface area contributed by atoms with E-state index in [1.807, 2.05) is 59.5 Å². The van der Waals surface area contributed by atoms with Crippen LogP contribution < -0.4 is 0 Å². The molecule has 1 heterocycles. The van der Waals surface area contributed by atoms with Gasteiger partial charge in [0, 0.05) is 5.56 Å². The van der Waals surface area contributed by atoms with Crippen LogP contribution in [0.3, 0.4) is 0 Å². The van der Waals surface area contributed by atoms with Crippen LogP contribution in [0.15, 0.2) is 54.6 Å². The quantitative estimate of drug-likeness (QED) is 0.934. The van der Waals surface area contributed by atoms with Crippen LogP contribution in [0.2, 0.25) is 0 Å². The first-order valence-corrected chi connectivity index (χ1v) is 7.35. The molecule has 0 spiro atoms. The van der Waals surface area contributed by atoms with E-state index in [2.05, 4.69) is 6.92 Å². The summed E-state index contributed by atoms with van der Waals surface area (Å²) in [5, 5.41) is 9.86. The van der Waals surface area contributed by atoms with Crippen LogP contribution >= 0.6 is 0 Å². The van der Waals surface area contributed by atoms with Gasteiger partial charge in [-0.1, -0.05) is 55.5 Å². The Morgan fingerprint density at radius 3 is 2.43 bits per heavy atom. The molecule has 108 valence electrons. The first-order chi connectivity index (χ1) is 10.3. The number of aliphatic hydroxyl groups is 1. The fourth-order valence-electron chi connectivity index (χ4n) is 3.22. The number of benzene rings is 2. The molecule has 0 saturated carbocycles. The molecule has 2 aromatic carbocycles. The third-order valence-corrected chi connectivity index (χ3v) is 4.20. The molecule has 1 aliphatic rings. The lowest BCUT2D eigenvalue weighted by Gasteiger charge is -2.32. The van der Waals surface area contributed by atoms with Gasteiger partial charge in [0.05, 0.1) is 18.7 Å². The zero-order valence-electron chi connectivity index (χ0n) is 12.1. The number of hydrogen-bond donors (Lipinski definition) is 1. The molecular weight excluding hydrogens is 262 g/mol. The summed E-state index contributed by atoms with van der Waals surface area (Å²) in [6, 6.07) is 17.2. The van der Waals surface area contributed by atoms with Crippen molar-refractivity contribution in [1.82, 2.24) is 4.90 Å². The van der Waals surface area contributed by atoms with Crippen LogP contribution in [0, 0.1) is 0 Å². The predicted molar refractivity (Wildman–Crippen MR) is 81.9 cm³/mol. The summed E-state index contributed by atoms with van der Waals surface area (Å²) in [6.07, 6.45) is 0.839. The topological polar surface area (TPSA) is 40.5 Å². The van der Waals surface area contributed by atoms with Gasteiger partial charge in [-0.2, -0.15) is 0 Å². The smallest absolute Gasteiger partial charge is 0.255 e. The normalized spacial score (nSPS) is 18.7. The van der Waals surface area contributed by atoms with Crippen LogP contribution in [-0.4, -0.2) is 22.5 Å². The second-order valence-electron chi connectivity index (χ2n) is 5.33. The summed E-state index contributed by atoms with van der Waals surface area (Å²) >= 11 is 0. The number of nitrogens with zero attached hydrogens (tertiary/aromatic N) is 1. The molecule has 3 rings (SSSR count). The van der Waals surface area contributed by atoms with Crippen molar-refractivity contribution in [1.29, 1.82) is 0 Å². The molecule has 1 N–H and O–H groups in total. The summed E-state index contributed by atoms with van der Waals surface area (Å²) in [6.45, 7) is 2.01. The Kier molecular flexibility index (Phi) is 3.76. The predicted octanol–water partition coefficient (Wildman–Crippen LogP) is 3.33. The average molecular weight is 281 g/mol. The van der Waals surface area contributed by atoms with Crippen molar-refractivity contribution in [3.8, 4) is 0 Å². The van der Waals surface area contributed by atoms with Crippen LogP contribution in [0.4, 0.5) is 0 Å². The lowest BCUT2D eigenvalue weighted by molar-refractivity contribution is 0.0511. The van der Waals surface area contributed by atoms with Gasteiger partial charge in [0.15, 0.2) is 0 Å². The van der Waals surface area contributed by atoms with E-state index in [1.165, 1.54) is 0 Å². The van der Waals surface area contributed by atoms with Gasteiger partial charge in [0.1, 0.15) is 0 Å². The van der Waals surface area contributed by atoms with Gasteiger partial charge >= 0.3 is 0 Å². The van der Waals surface area contributed by atoms with Gasteiger partial charge in [-0.25, -0.2) is 0 Å². The maximum absolute atomic E-state index is 12.8. The fraction of sp³-hybridized carbons (Fsp3) is 0.278. The number of carbonyl (C=O) groups is 1. The molecule has 0 unspecified atom stereocenters. The summed E-state index contributed by atoms with van der Waals surface area (Å²) < 4.78 is 0. The van der Waals surface area contributed by atoms with E-state index in [0.29, 0.717) is 0 Å². The third-order valence-electron chi connectivity index (χ3n) is 4.20. The highest BCUT2D eigenvalue weighted by Gasteiger charge is 2.39. The molecule has 3 nitrogen and oxygen atoms in total. The maximum Gasteiger partial charge on any atom is 0.255 e. The van der Waals surface area contributed by atoms with Crippen molar-refractivity contribution in [2.75, 3.05) is 6.61 Å². The number of aliphatic hydroxyl groups excluding tert-OH is 1. The number of fused-ring (bicyclic) bond motifs is 1. The molecule has 0 fully saturated rings. The lowest BCUT2D eigenvalue weighted by atomic mass is 10.0. The molecule has 0 aromatic heterocycles. The minimum Gasteiger partial charge on any atom is -0.394 e. The van der Waals surface area contributed by atoms with Crippen molar-refractivity contribution >= 4 is 5.91 Å². The number of amides is 1. The van der Waals surface area contributed by atoms with Crippen molar-refractivity contribution in [3.05, 3.63) is 71.3 Å². The Morgan fingerprint density at radius 1 is 1.10 bits per heavy atom. The third kappa shape index (κ3) is 2.24. The monoisotopic (exact) mass is 281 g/mol. The Balaban J connectivity index is 2.04. The van der Waals surface area contributed by atoms with E-state index in [0.717, 1.165) is 23.1 Å². The van der Waals surface area contributed by atoms with Crippen LogP contribution in [0.1, 0.15) is 46.9 Å². The second kappa shape index (κ2) is 5.70. The molecule has 3 heteroatoms. The van der Waals surface area contributed by atoms with Gasteiger partial charge in [-0.3, -0.25) is 4.79 Å². The van der Waals surface area contributed by atoms with Crippen molar-refractivity contribution in [2.24, 2.45) is 0 Å². The number of rotatable bonds is 4. The lowest BCUT2D eigenvalue weighted by Crippen LogP contribution is -2.34. The summed E-state index contributed by atoms with van der Waals surface area (Å²) in [7, 11) is 0. The van der Waals surface area contributed by atoms with Gasteiger partial charge < -0.3 is 10.0 Å². The molecule has 2 aromatic rings. The Labute approximate surface area is 124 Å². The molecule has 0 aliphatic carbocycles. The Morgan fingerprint density at radius 2 is 1.76 bits per heavy atom. The van der Waals surface area contributed by atoms with E-state index in [4.69, 9.17) is 0 Å². The molecule has 0 saturated heterocycles. The van der Waals surface area contributed by atoms with Gasteiger partial charge in [-0.15, -0.1) is 0 Å². The highest BCUT2D eigenvalue weighted by atomic mass is 16.3. The minimum atomic E-state index is -0.295. The first kappa shape index (κ1) is 13.8. The van der Waals surface area contributed by atoms with Crippen molar-refractivity contribution in [2.45, 2.75) is 25.4 Å². The maximum atomic E-state index is 12.8. The van der Waals surface area contributed by atoms with Gasteiger partial charge in [0.25, 0.3) is 5.91 Å². The van der Waals surface area contributed by atoms with Gasteiger partial charge in [-0.05, 0) is 23.6 Å². The summed E-state index contributed by atoms with van der Waals surface area (Å²) in [5.41, 5.74) is 2.80. The molecule has 1 aliphatic heterocycles. The molecule has 1 amide bonds. The van der Waals surface area contributed by atoms with E-state index in [9.17, 15) is 9.90 Å². The average Bonchev–Trinajstić information content (AvgIpc) is 2.82. The second-order valence-corrected chi connectivity index (χ2v) is 5.33. The van der Waals surface area contributed by atoms with Crippen molar-refractivity contribution < 1.29 is 9.90 Å². The Hall–Kier alpha value is -2.13. The molecule has 21 heavy (non-hydrogen) atoms. The largest absolute Gasteiger partial charge is 0.394 e. The van der Waals surface area contributed by atoms with E-state index in [1.54, 1.807) is 0 Å². The number of carbonyl (C=O) groups excluding carboxylic acids is 1. The highest BCUT2D eigenvalue weighted by Crippen LogP contribution is 2.41. The Bertz CT molecular complexity index is 639. The zero-order valence-corrected chi connectivity index (χ0v) is 12.1. The van der Waals surface area contributed by atoms with E-state index < -0.39 is 0 Å². The minimum absolute atomic E-state index is 0.0142.